The van der Waals surface area contributed by atoms with E-state index in [1.54, 1.807) is 0 Å². The smallest absolute Gasteiger partial charge is 0.313 e. The molecule has 110 valence electrons. The summed E-state index contributed by atoms with van der Waals surface area (Å²) in [5.41, 5.74) is 4.14. The Kier molecular flexibility index (Phi) is 3.76. The Hall–Kier alpha value is -1.03. The largest absolute Gasteiger partial charge is 0.393 e. The lowest BCUT2D eigenvalue weighted by Gasteiger charge is -2.31. The van der Waals surface area contributed by atoms with Gasteiger partial charge in [-0.25, -0.2) is 0 Å². The lowest BCUT2D eigenvalue weighted by molar-refractivity contribution is -0.179. The molecular weight excluding hydrogens is 263 g/mol. The summed E-state index contributed by atoms with van der Waals surface area (Å²) in [7, 11) is 0. The molecule has 0 spiro atoms. The Bertz CT molecular complexity index is 473. The van der Waals surface area contributed by atoms with Gasteiger partial charge in [0.25, 0.3) is 0 Å². The van der Waals surface area contributed by atoms with Crippen molar-refractivity contribution >= 4 is 0 Å². The van der Waals surface area contributed by atoms with Crippen LogP contribution >= 0.6 is 0 Å². The van der Waals surface area contributed by atoms with E-state index < -0.39 is 12.1 Å². The number of benzene rings is 1. The van der Waals surface area contributed by atoms with Crippen molar-refractivity contribution in [3.63, 3.8) is 0 Å². The molecule has 2 atom stereocenters. The first-order valence-corrected chi connectivity index (χ1v) is 7.43. The second-order valence-electron chi connectivity index (χ2n) is 6.08. The van der Waals surface area contributed by atoms with Gasteiger partial charge in [0.15, 0.2) is 0 Å². The number of aryl methyl sites for hydroxylation is 2. The third-order valence-corrected chi connectivity index (χ3v) is 4.62. The van der Waals surface area contributed by atoms with Crippen molar-refractivity contribution in [2.45, 2.75) is 50.7 Å². The highest BCUT2D eigenvalue weighted by atomic mass is 19.4. The van der Waals surface area contributed by atoms with Gasteiger partial charge in [0.2, 0.25) is 0 Å². The summed E-state index contributed by atoms with van der Waals surface area (Å²) in [4.78, 5) is 0. The molecule has 1 aliphatic carbocycles. The molecule has 1 aromatic rings. The van der Waals surface area contributed by atoms with Gasteiger partial charge >= 0.3 is 6.18 Å². The lowest BCUT2D eigenvalue weighted by atomic mass is 9.90. The van der Waals surface area contributed by atoms with Crippen LogP contribution in [0.1, 0.15) is 36.0 Å². The Balaban J connectivity index is 1.57. The third kappa shape index (κ3) is 3.00. The van der Waals surface area contributed by atoms with Gasteiger partial charge in [-0.2, -0.15) is 13.2 Å². The zero-order valence-corrected chi connectivity index (χ0v) is 11.5. The minimum absolute atomic E-state index is 0.0686. The van der Waals surface area contributed by atoms with Crippen LogP contribution in [-0.4, -0.2) is 18.8 Å². The van der Waals surface area contributed by atoms with Crippen LogP contribution in [0.15, 0.2) is 18.2 Å². The molecule has 1 saturated heterocycles. The van der Waals surface area contributed by atoms with Gasteiger partial charge in [0.05, 0.1) is 5.92 Å². The van der Waals surface area contributed by atoms with Crippen LogP contribution in [0.5, 0.6) is 0 Å². The first kappa shape index (κ1) is 13.9. The number of rotatable bonds is 2. The number of hydrogen-bond acceptors (Lipinski definition) is 1. The minimum Gasteiger partial charge on any atom is -0.313 e. The summed E-state index contributed by atoms with van der Waals surface area (Å²) >= 11 is 0. The Morgan fingerprint density at radius 2 is 1.90 bits per heavy atom. The van der Waals surface area contributed by atoms with Crippen LogP contribution in [0, 0.1) is 5.92 Å². The van der Waals surface area contributed by atoms with E-state index in [9.17, 15) is 13.2 Å². The maximum Gasteiger partial charge on any atom is 0.393 e. The zero-order valence-electron chi connectivity index (χ0n) is 11.5. The number of piperidine rings is 1. The maximum atomic E-state index is 12.6. The van der Waals surface area contributed by atoms with Crippen LogP contribution in [-0.2, 0) is 19.3 Å². The van der Waals surface area contributed by atoms with Gasteiger partial charge in [-0.05, 0) is 55.2 Å². The molecule has 0 saturated carbocycles. The van der Waals surface area contributed by atoms with E-state index in [1.807, 2.05) is 0 Å². The van der Waals surface area contributed by atoms with Crippen molar-refractivity contribution in [1.82, 2.24) is 5.32 Å². The number of alkyl halides is 3. The quantitative estimate of drug-likeness (QED) is 0.873. The van der Waals surface area contributed by atoms with Crippen molar-refractivity contribution in [2.75, 3.05) is 6.54 Å². The maximum absolute atomic E-state index is 12.6. The molecule has 1 fully saturated rings. The van der Waals surface area contributed by atoms with Gasteiger partial charge in [-0.3, -0.25) is 0 Å². The van der Waals surface area contributed by atoms with E-state index in [0.717, 1.165) is 12.8 Å². The molecule has 3 rings (SSSR count). The molecular formula is C16H20F3N. The molecule has 1 N–H and O–H groups in total. The summed E-state index contributed by atoms with van der Waals surface area (Å²) in [5, 5.41) is 3.07. The molecule has 1 heterocycles. The number of fused-ring (bicyclic) bond motifs is 1. The molecule has 0 amide bonds. The summed E-state index contributed by atoms with van der Waals surface area (Å²) < 4.78 is 37.8. The van der Waals surface area contributed by atoms with Gasteiger partial charge in [0.1, 0.15) is 0 Å². The third-order valence-electron chi connectivity index (χ3n) is 4.62. The van der Waals surface area contributed by atoms with Crippen LogP contribution in [0.25, 0.3) is 0 Å². The summed E-state index contributed by atoms with van der Waals surface area (Å²) in [5.74, 6) is -1.17. The van der Waals surface area contributed by atoms with Gasteiger partial charge in [-0.15, -0.1) is 0 Å². The van der Waals surface area contributed by atoms with Crippen molar-refractivity contribution in [2.24, 2.45) is 5.92 Å². The molecule has 0 aromatic heterocycles. The first-order valence-electron chi connectivity index (χ1n) is 7.43. The summed E-state index contributed by atoms with van der Waals surface area (Å²) in [6.45, 7) is 0.0686. The highest BCUT2D eigenvalue weighted by molar-refractivity contribution is 5.35. The SMILES string of the molecule is FC(F)(F)C1CCC(Cc2ccc3c(c2)CCC3)NC1. The van der Waals surface area contributed by atoms with Crippen molar-refractivity contribution < 1.29 is 13.2 Å². The van der Waals surface area contributed by atoms with Crippen molar-refractivity contribution in [3.8, 4) is 0 Å². The topological polar surface area (TPSA) is 12.0 Å². The Labute approximate surface area is 117 Å². The number of hydrogen-bond donors (Lipinski definition) is 1. The Morgan fingerprint density at radius 3 is 2.60 bits per heavy atom. The molecule has 1 aromatic carbocycles. The fraction of sp³-hybridized carbons (Fsp3) is 0.625. The Morgan fingerprint density at radius 1 is 1.10 bits per heavy atom. The predicted molar refractivity (Wildman–Crippen MR) is 72.7 cm³/mol. The molecule has 20 heavy (non-hydrogen) atoms. The fourth-order valence-electron chi connectivity index (χ4n) is 3.41. The van der Waals surface area contributed by atoms with Crippen molar-refractivity contribution in [3.05, 3.63) is 34.9 Å². The molecule has 1 aliphatic heterocycles. The van der Waals surface area contributed by atoms with E-state index in [-0.39, 0.29) is 19.0 Å². The predicted octanol–water partition coefficient (Wildman–Crippen LogP) is 3.65. The molecule has 4 heteroatoms. The van der Waals surface area contributed by atoms with Crippen LogP contribution in [0.4, 0.5) is 13.2 Å². The highest BCUT2D eigenvalue weighted by Gasteiger charge is 2.41. The normalized spacial score (nSPS) is 26.6. The zero-order chi connectivity index (χ0) is 14.2. The van der Waals surface area contributed by atoms with E-state index in [1.165, 1.54) is 29.5 Å². The molecule has 0 radical (unpaired) electrons. The van der Waals surface area contributed by atoms with E-state index >= 15 is 0 Å². The van der Waals surface area contributed by atoms with E-state index in [0.29, 0.717) is 6.42 Å². The second-order valence-corrected chi connectivity index (χ2v) is 6.08. The van der Waals surface area contributed by atoms with Crippen LogP contribution < -0.4 is 5.32 Å². The van der Waals surface area contributed by atoms with E-state index in [4.69, 9.17) is 0 Å². The van der Waals surface area contributed by atoms with Gasteiger partial charge in [0, 0.05) is 12.6 Å². The fourth-order valence-corrected chi connectivity index (χ4v) is 3.41. The summed E-state index contributed by atoms with van der Waals surface area (Å²) in [6.07, 6.45) is 1.21. The molecule has 0 bridgehead atoms. The number of nitrogens with one attached hydrogen (secondary N) is 1. The highest BCUT2D eigenvalue weighted by Crippen LogP contribution is 2.32. The van der Waals surface area contributed by atoms with Gasteiger partial charge < -0.3 is 5.32 Å². The average molecular weight is 283 g/mol. The monoisotopic (exact) mass is 283 g/mol. The molecule has 1 nitrogen and oxygen atoms in total. The van der Waals surface area contributed by atoms with Crippen LogP contribution in [0.2, 0.25) is 0 Å². The average Bonchev–Trinajstić information content (AvgIpc) is 2.86. The number of halogens is 3. The standard InChI is InChI=1S/C16H20F3N/c17-16(18,19)14-6-7-15(20-10-14)9-11-4-5-12-2-1-3-13(12)8-11/h4-5,8,14-15,20H,1-3,6-7,9-10H2. The van der Waals surface area contributed by atoms with Crippen molar-refractivity contribution in [1.29, 1.82) is 0 Å². The molecule has 2 unspecified atom stereocenters. The second kappa shape index (κ2) is 5.40. The first-order chi connectivity index (χ1) is 9.52. The van der Waals surface area contributed by atoms with E-state index in [2.05, 4.69) is 23.5 Å². The molecule has 2 aliphatic rings. The minimum atomic E-state index is -4.05. The van der Waals surface area contributed by atoms with Gasteiger partial charge in [-0.1, -0.05) is 18.2 Å². The lowest BCUT2D eigenvalue weighted by Crippen LogP contribution is -2.45. The van der Waals surface area contributed by atoms with Crippen LogP contribution in [0.3, 0.4) is 0 Å². The summed E-state index contributed by atoms with van der Waals surface area (Å²) in [6, 6.07) is 6.77.